The van der Waals surface area contributed by atoms with Crippen LogP contribution in [-0.4, -0.2) is 53.2 Å². The van der Waals surface area contributed by atoms with Gasteiger partial charge in [-0.1, -0.05) is 36.4 Å². The van der Waals surface area contributed by atoms with Crippen LogP contribution < -0.4 is 10.1 Å². The fourth-order valence-corrected chi connectivity index (χ4v) is 4.54. The van der Waals surface area contributed by atoms with Gasteiger partial charge in [-0.3, -0.25) is 9.59 Å². The van der Waals surface area contributed by atoms with E-state index in [9.17, 15) is 9.59 Å². The molecule has 0 bridgehead atoms. The number of rotatable bonds is 9. The summed E-state index contributed by atoms with van der Waals surface area (Å²) in [6.45, 7) is 7.51. The molecular formula is C27H33N3O4. The van der Waals surface area contributed by atoms with Gasteiger partial charge in [0.2, 0.25) is 5.91 Å². The molecule has 34 heavy (non-hydrogen) atoms. The molecule has 0 aliphatic carbocycles. The molecular weight excluding hydrogens is 430 g/mol. The minimum absolute atomic E-state index is 0.154. The number of nitrogens with one attached hydrogen (secondary N) is 1. The Kier molecular flexibility index (Phi) is 6.93. The number of ether oxygens (including phenoxy) is 2. The zero-order valence-electron chi connectivity index (χ0n) is 20.3. The SMILES string of the molecule is COc1ccccc1CN1C(=O)c2cc3ccccc3n2C[C@]1(C)C(=O)NCCCOC(C)C. The van der Waals surface area contributed by atoms with Crippen LogP contribution in [0.15, 0.2) is 54.6 Å². The van der Waals surface area contributed by atoms with Crippen LogP contribution in [0.5, 0.6) is 5.75 Å². The Morgan fingerprint density at radius 2 is 1.88 bits per heavy atom. The molecule has 0 saturated carbocycles. The van der Waals surface area contributed by atoms with E-state index in [1.165, 1.54) is 0 Å². The van der Waals surface area contributed by atoms with Gasteiger partial charge in [0, 0.05) is 29.6 Å². The van der Waals surface area contributed by atoms with Crippen molar-refractivity contribution in [3.8, 4) is 5.75 Å². The van der Waals surface area contributed by atoms with Gasteiger partial charge in [0.05, 0.1) is 26.3 Å². The molecule has 1 aliphatic rings. The minimum Gasteiger partial charge on any atom is -0.496 e. The molecule has 7 nitrogen and oxygen atoms in total. The average Bonchev–Trinajstić information content (AvgIpc) is 3.20. The number of carbonyl (C=O) groups is 2. The van der Waals surface area contributed by atoms with Crippen molar-refractivity contribution in [2.24, 2.45) is 0 Å². The zero-order chi connectivity index (χ0) is 24.3. The van der Waals surface area contributed by atoms with Gasteiger partial charge in [0.25, 0.3) is 5.91 Å². The van der Waals surface area contributed by atoms with Crippen LogP contribution >= 0.6 is 0 Å². The summed E-state index contributed by atoms with van der Waals surface area (Å²) in [6, 6.07) is 17.4. The van der Waals surface area contributed by atoms with Gasteiger partial charge in [-0.2, -0.15) is 0 Å². The molecule has 1 atom stereocenters. The van der Waals surface area contributed by atoms with Crippen LogP contribution in [-0.2, 0) is 22.6 Å². The molecule has 0 spiro atoms. The number of nitrogens with zero attached hydrogens (tertiary/aromatic N) is 2. The van der Waals surface area contributed by atoms with E-state index < -0.39 is 5.54 Å². The van der Waals surface area contributed by atoms with E-state index in [4.69, 9.17) is 9.47 Å². The lowest BCUT2D eigenvalue weighted by atomic mass is 9.93. The summed E-state index contributed by atoms with van der Waals surface area (Å²) in [5.74, 6) is 0.341. The number of fused-ring (bicyclic) bond motifs is 3. The van der Waals surface area contributed by atoms with Gasteiger partial charge in [-0.15, -0.1) is 0 Å². The lowest BCUT2D eigenvalue weighted by Gasteiger charge is -2.44. The molecule has 180 valence electrons. The average molecular weight is 464 g/mol. The van der Waals surface area contributed by atoms with Crippen molar-refractivity contribution < 1.29 is 19.1 Å². The Morgan fingerprint density at radius 1 is 1.15 bits per heavy atom. The molecule has 1 aromatic heterocycles. The van der Waals surface area contributed by atoms with Crippen molar-refractivity contribution in [2.75, 3.05) is 20.3 Å². The molecule has 2 aromatic carbocycles. The standard InChI is InChI=1S/C27H33N3O4/c1-19(2)34-15-9-14-28-26(32)27(3)18-29-22-12-7-5-10-20(22)16-23(29)25(31)30(27)17-21-11-6-8-13-24(21)33-4/h5-8,10-13,16,19H,9,14-15,17-18H2,1-4H3,(H,28,32)/t27-/m1/s1. The van der Waals surface area contributed by atoms with E-state index in [0.29, 0.717) is 37.6 Å². The van der Waals surface area contributed by atoms with Crippen LogP contribution in [0.2, 0.25) is 0 Å². The summed E-state index contributed by atoms with van der Waals surface area (Å²) in [6.07, 6.45) is 0.860. The van der Waals surface area contributed by atoms with Crippen molar-refractivity contribution in [2.45, 2.75) is 51.9 Å². The van der Waals surface area contributed by atoms with E-state index in [1.807, 2.05) is 79.9 Å². The lowest BCUT2D eigenvalue weighted by molar-refractivity contribution is -0.133. The Bertz CT molecular complexity index is 1190. The van der Waals surface area contributed by atoms with Gasteiger partial charge >= 0.3 is 0 Å². The second-order valence-electron chi connectivity index (χ2n) is 9.18. The summed E-state index contributed by atoms with van der Waals surface area (Å²) in [7, 11) is 1.61. The maximum absolute atomic E-state index is 13.8. The molecule has 2 heterocycles. The number of aromatic nitrogens is 1. The molecule has 1 aliphatic heterocycles. The van der Waals surface area contributed by atoms with Crippen LogP contribution in [0.1, 0.15) is 43.2 Å². The van der Waals surface area contributed by atoms with Gasteiger partial charge in [0.15, 0.2) is 0 Å². The molecule has 7 heteroatoms. The highest BCUT2D eigenvalue weighted by atomic mass is 16.5. The normalized spacial score (nSPS) is 17.8. The van der Waals surface area contributed by atoms with Crippen molar-refractivity contribution >= 4 is 22.7 Å². The van der Waals surface area contributed by atoms with Gasteiger partial charge in [0.1, 0.15) is 17.0 Å². The Morgan fingerprint density at radius 3 is 2.65 bits per heavy atom. The molecule has 3 aromatic rings. The Hall–Kier alpha value is -3.32. The number of amides is 2. The van der Waals surface area contributed by atoms with E-state index in [2.05, 4.69) is 5.32 Å². The maximum Gasteiger partial charge on any atom is 0.271 e. The third-order valence-electron chi connectivity index (χ3n) is 6.40. The number of hydrogen-bond donors (Lipinski definition) is 1. The summed E-state index contributed by atoms with van der Waals surface area (Å²) in [5, 5.41) is 4.03. The summed E-state index contributed by atoms with van der Waals surface area (Å²) < 4.78 is 13.1. The number of carbonyl (C=O) groups excluding carboxylic acids is 2. The summed E-state index contributed by atoms with van der Waals surface area (Å²) in [5.41, 5.74) is 1.32. The molecule has 4 rings (SSSR count). The highest BCUT2D eigenvalue weighted by molar-refractivity contribution is 6.03. The fourth-order valence-electron chi connectivity index (χ4n) is 4.54. The zero-order valence-corrected chi connectivity index (χ0v) is 20.3. The maximum atomic E-state index is 13.8. The monoisotopic (exact) mass is 463 g/mol. The first-order valence-electron chi connectivity index (χ1n) is 11.8. The summed E-state index contributed by atoms with van der Waals surface area (Å²) >= 11 is 0. The number of para-hydroxylation sites is 2. The third-order valence-corrected chi connectivity index (χ3v) is 6.40. The number of benzene rings is 2. The second kappa shape index (κ2) is 9.89. The molecule has 2 amide bonds. The molecule has 1 N–H and O–H groups in total. The first-order valence-corrected chi connectivity index (χ1v) is 11.8. The fraction of sp³-hybridized carbons (Fsp3) is 0.407. The van der Waals surface area contributed by atoms with Crippen LogP contribution in [0, 0.1) is 0 Å². The predicted molar refractivity (Wildman–Crippen MR) is 132 cm³/mol. The Balaban J connectivity index is 1.67. The largest absolute Gasteiger partial charge is 0.496 e. The second-order valence-corrected chi connectivity index (χ2v) is 9.18. The van der Waals surface area contributed by atoms with E-state index in [1.54, 1.807) is 12.0 Å². The van der Waals surface area contributed by atoms with Crippen molar-refractivity contribution in [1.29, 1.82) is 0 Å². The molecule has 0 radical (unpaired) electrons. The van der Waals surface area contributed by atoms with Gasteiger partial charge in [-0.05, 0) is 45.4 Å². The Labute approximate surface area is 200 Å². The predicted octanol–water partition coefficient (Wildman–Crippen LogP) is 4.00. The van der Waals surface area contributed by atoms with Crippen molar-refractivity contribution in [3.63, 3.8) is 0 Å². The van der Waals surface area contributed by atoms with E-state index in [-0.39, 0.29) is 24.5 Å². The van der Waals surface area contributed by atoms with Crippen LogP contribution in [0.4, 0.5) is 0 Å². The van der Waals surface area contributed by atoms with Crippen molar-refractivity contribution in [3.05, 3.63) is 65.9 Å². The smallest absolute Gasteiger partial charge is 0.271 e. The number of methoxy groups -OCH3 is 1. The van der Waals surface area contributed by atoms with E-state index in [0.717, 1.165) is 16.5 Å². The molecule has 0 saturated heterocycles. The minimum atomic E-state index is -1.08. The third kappa shape index (κ3) is 4.53. The topological polar surface area (TPSA) is 72.8 Å². The molecule has 0 unspecified atom stereocenters. The first-order chi connectivity index (χ1) is 16.3. The van der Waals surface area contributed by atoms with Crippen LogP contribution in [0.3, 0.4) is 0 Å². The quantitative estimate of drug-likeness (QED) is 0.487. The van der Waals surface area contributed by atoms with Crippen LogP contribution in [0.25, 0.3) is 10.9 Å². The molecule has 0 fully saturated rings. The van der Waals surface area contributed by atoms with Gasteiger partial charge in [-0.25, -0.2) is 0 Å². The van der Waals surface area contributed by atoms with E-state index >= 15 is 0 Å². The lowest BCUT2D eigenvalue weighted by Crippen LogP contribution is -2.63. The number of hydrogen-bond acceptors (Lipinski definition) is 4. The van der Waals surface area contributed by atoms with Crippen molar-refractivity contribution in [1.82, 2.24) is 14.8 Å². The highest BCUT2D eigenvalue weighted by Crippen LogP contribution is 2.34. The highest BCUT2D eigenvalue weighted by Gasteiger charge is 2.47. The summed E-state index contributed by atoms with van der Waals surface area (Å²) in [4.78, 5) is 29.1. The van der Waals surface area contributed by atoms with Gasteiger partial charge < -0.3 is 24.3 Å². The first kappa shape index (κ1) is 23.8.